The topological polar surface area (TPSA) is 87.0 Å². The van der Waals surface area contributed by atoms with Crippen LogP contribution in [-0.2, 0) is 6.42 Å². The average molecular weight is 411 g/mol. The molecular formula is C15H26Cl3N7. The third-order valence-electron chi connectivity index (χ3n) is 4.35. The van der Waals surface area contributed by atoms with E-state index in [2.05, 4.69) is 43.1 Å². The van der Waals surface area contributed by atoms with E-state index < -0.39 is 0 Å². The van der Waals surface area contributed by atoms with Gasteiger partial charge < -0.3 is 15.5 Å². The Morgan fingerprint density at radius 3 is 2.56 bits per heavy atom. The van der Waals surface area contributed by atoms with Crippen LogP contribution in [0.15, 0.2) is 24.5 Å². The number of hydrogen-bond acceptors (Lipinski definition) is 6. The summed E-state index contributed by atoms with van der Waals surface area (Å²) in [6.45, 7) is 3.03. The Bertz CT molecular complexity index is 588. The van der Waals surface area contributed by atoms with Crippen molar-refractivity contribution in [2.24, 2.45) is 0 Å². The second kappa shape index (κ2) is 11.4. The Balaban J connectivity index is 0.00000192. The molecule has 0 saturated carbocycles. The van der Waals surface area contributed by atoms with Crippen LogP contribution in [0.5, 0.6) is 0 Å². The van der Waals surface area contributed by atoms with E-state index >= 15 is 0 Å². The van der Waals surface area contributed by atoms with Crippen LogP contribution in [0.1, 0.15) is 18.4 Å². The zero-order valence-corrected chi connectivity index (χ0v) is 16.6. The number of aromatic amines is 1. The van der Waals surface area contributed by atoms with Crippen LogP contribution >= 0.6 is 37.2 Å². The normalized spacial score (nSPS) is 14.4. The van der Waals surface area contributed by atoms with Crippen LogP contribution in [0, 0.1) is 0 Å². The monoisotopic (exact) mass is 409 g/mol. The molecule has 2 aromatic rings. The number of likely N-dealkylation sites (N-methyl/N-ethyl adjacent to an activating group) is 1. The van der Waals surface area contributed by atoms with Gasteiger partial charge in [-0.05, 0) is 37.9 Å². The maximum absolute atomic E-state index is 5.56. The molecule has 1 aliphatic heterocycles. The number of rotatable bonds is 5. The molecule has 7 nitrogen and oxygen atoms in total. The number of piperidine rings is 1. The minimum atomic E-state index is 0. The number of hydrogen-bond donors (Lipinski definition) is 2. The smallest absolute Gasteiger partial charge is 0.241 e. The van der Waals surface area contributed by atoms with Gasteiger partial charge in [0.05, 0.1) is 0 Å². The van der Waals surface area contributed by atoms with Gasteiger partial charge in [0.25, 0.3) is 0 Å². The Kier molecular flexibility index (Phi) is 10.8. The van der Waals surface area contributed by atoms with Gasteiger partial charge in [-0.15, -0.1) is 42.3 Å². The Morgan fingerprint density at radius 1 is 1.28 bits per heavy atom. The van der Waals surface area contributed by atoms with Gasteiger partial charge >= 0.3 is 0 Å². The minimum absolute atomic E-state index is 0. The largest absolute Gasteiger partial charge is 0.366 e. The lowest BCUT2D eigenvalue weighted by atomic mass is 10.0. The van der Waals surface area contributed by atoms with Crippen molar-refractivity contribution in [3.8, 4) is 0 Å². The van der Waals surface area contributed by atoms with Crippen LogP contribution in [-0.4, -0.2) is 57.8 Å². The highest BCUT2D eigenvalue weighted by Gasteiger charge is 2.23. The van der Waals surface area contributed by atoms with E-state index in [0.717, 1.165) is 44.8 Å². The zero-order valence-electron chi connectivity index (χ0n) is 14.2. The quantitative estimate of drug-likeness (QED) is 0.785. The number of aromatic nitrogens is 4. The molecule has 3 rings (SSSR count). The molecule has 25 heavy (non-hydrogen) atoms. The molecule has 3 heterocycles. The molecule has 0 aromatic carbocycles. The van der Waals surface area contributed by atoms with Gasteiger partial charge in [-0.2, -0.15) is 4.98 Å². The molecule has 1 fully saturated rings. The molecule has 0 aliphatic carbocycles. The van der Waals surface area contributed by atoms with Gasteiger partial charge in [-0.3, -0.25) is 4.98 Å². The maximum Gasteiger partial charge on any atom is 0.241 e. The summed E-state index contributed by atoms with van der Waals surface area (Å²) in [5.41, 5.74) is 6.86. The van der Waals surface area contributed by atoms with Crippen molar-refractivity contribution in [1.29, 1.82) is 0 Å². The minimum Gasteiger partial charge on any atom is -0.366 e. The van der Waals surface area contributed by atoms with E-state index in [4.69, 9.17) is 5.73 Å². The van der Waals surface area contributed by atoms with Crippen LogP contribution in [0.2, 0.25) is 0 Å². The molecular weight excluding hydrogens is 385 g/mol. The molecule has 0 spiro atoms. The van der Waals surface area contributed by atoms with Crippen LogP contribution < -0.4 is 10.6 Å². The summed E-state index contributed by atoms with van der Waals surface area (Å²) >= 11 is 0. The molecule has 3 N–H and O–H groups in total. The molecule has 142 valence electrons. The highest BCUT2D eigenvalue weighted by atomic mass is 35.5. The predicted molar refractivity (Wildman–Crippen MR) is 108 cm³/mol. The summed E-state index contributed by atoms with van der Waals surface area (Å²) < 4.78 is 0. The Morgan fingerprint density at radius 2 is 2.00 bits per heavy atom. The first-order valence-corrected chi connectivity index (χ1v) is 7.74. The number of nitrogen functional groups attached to an aromatic ring is 1. The number of pyridine rings is 1. The van der Waals surface area contributed by atoms with Crippen molar-refractivity contribution in [2.45, 2.75) is 25.3 Å². The Labute approximate surface area is 167 Å². The number of halogens is 3. The molecule has 0 unspecified atom stereocenters. The fourth-order valence-corrected chi connectivity index (χ4v) is 2.96. The lowest BCUT2D eigenvalue weighted by Gasteiger charge is -2.36. The lowest BCUT2D eigenvalue weighted by molar-refractivity contribution is 0.209. The molecule has 0 atom stereocenters. The Hall–Kier alpha value is -1.28. The number of nitrogens with two attached hydrogens (primary N) is 1. The molecule has 0 amide bonds. The fraction of sp³-hybridized carbons (Fsp3) is 0.533. The molecule has 0 radical (unpaired) electrons. The zero-order chi connectivity index (χ0) is 15.4. The third kappa shape index (κ3) is 6.51. The summed E-state index contributed by atoms with van der Waals surface area (Å²) in [5.74, 6) is 1.10. The van der Waals surface area contributed by atoms with Crippen LogP contribution in [0.4, 0.5) is 11.9 Å². The van der Waals surface area contributed by atoms with Crippen molar-refractivity contribution < 1.29 is 0 Å². The summed E-state index contributed by atoms with van der Waals surface area (Å²) in [6, 6.07) is 4.75. The van der Waals surface area contributed by atoms with Gasteiger partial charge in [0.15, 0.2) is 0 Å². The standard InChI is InChI=1S/C15H23N7.3ClH/c1-21(8-4-12-3-2-7-17-11-12)13-5-9-22(10-6-13)15-18-14(16)19-20-15;;;/h2-3,7,11,13H,4-6,8-10H2,1H3,(H3,16,18,19,20);3*1H. The summed E-state index contributed by atoms with van der Waals surface area (Å²) in [7, 11) is 2.21. The number of nitrogens with one attached hydrogen (secondary N) is 1. The van der Waals surface area contributed by atoms with E-state index in [-0.39, 0.29) is 37.2 Å². The SMILES string of the molecule is CN(CCc1cccnc1)C1CCN(c2nc(N)n[nH]2)CC1.Cl.Cl.Cl. The van der Waals surface area contributed by atoms with E-state index in [9.17, 15) is 0 Å². The van der Waals surface area contributed by atoms with Gasteiger partial charge in [0.2, 0.25) is 11.9 Å². The first-order valence-electron chi connectivity index (χ1n) is 7.74. The van der Waals surface area contributed by atoms with Crippen molar-refractivity contribution in [3.63, 3.8) is 0 Å². The van der Waals surface area contributed by atoms with E-state index in [1.807, 2.05) is 18.5 Å². The second-order valence-electron chi connectivity index (χ2n) is 5.83. The highest BCUT2D eigenvalue weighted by Crippen LogP contribution is 2.19. The van der Waals surface area contributed by atoms with Gasteiger partial charge in [-0.1, -0.05) is 6.07 Å². The number of nitrogens with zero attached hydrogens (tertiary/aromatic N) is 5. The van der Waals surface area contributed by atoms with Crippen LogP contribution in [0.25, 0.3) is 0 Å². The average Bonchev–Trinajstić information content (AvgIpc) is 3.00. The van der Waals surface area contributed by atoms with Crippen molar-refractivity contribution in [1.82, 2.24) is 25.1 Å². The lowest BCUT2D eigenvalue weighted by Crippen LogP contribution is -2.44. The first-order chi connectivity index (χ1) is 10.7. The number of H-pyrrole nitrogens is 1. The molecule has 1 aliphatic rings. The van der Waals surface area contributed by atoms with Gasteiger partial charge in [0, 0.05) is 38.1 Å². The predicted octanol–water partition coefficient (Wildman–Crippen LogP) is 2.19. The highest BCUT2D eigenvalue weighted by molar-refractivity contribution is 5.86. The molecule has 2 aromatic heterocycles. The van der Waals surface area contributed by atoms with Gasteiger partial charge in [0.1, 0.15) is 0 Å². The molecule has 10 heteroatoms. The van der Waals surface area contributed by atoms with Gasteiger partial charge in [-0.25, -0.2) is 5.10 Å². The van der Waals surface area contributed by atoms with Crippen LogP contribution in [0.3, 0.4) is 0 Å². The van der Waals surface area contributed by atoms with Crippen molar-refractivity contribution in [3.05, 3.63) is 30.1 Å². The van der Waals surface area contributed by atoms with E-state index in [1.54, 1.807) is 0 Å². The number of anilines is 2. The summed E-state index contributed by atoms with van der Waals surface area (Å²) in [4.78, 5) is 13.0. The van der Waals surface area contributed by atoms with Crippen molar-refractivity contribution >= 4 is 49.1 Å². The van der Waals surface area contributed by atoms with E-state index in [0.29, 0.717) is 12.0 Å². The molecule has 1 saturated heterocycles. The first kappa shape index (κ1) is 23.7. The summed E-state index contributed by atoms with van der Waals surface area (Å²) in [6.07, 6.45) is 7.07. The third-order valence-corrected chi connectivity index (χ3v) is 4.35. The summed E-state index contributed by atoms with van der Waals surface area (Å²) in [5, 5.41) is 6.78. The van der Waals surface area contributed by atoms with E-state index in [1.165, 1.54) is 5.56 Å². The van der Waals surface area contributed by atoms with Crippen molar-refractivity contribution in [2.75, 3.05) is 37.3 Å². The fourth-order valence-electron chi connectivity index (χ4n) is 2.96. The second-order valence-corrected chi connectivity index (χ2v) is 5.83. The maximum atomic E-state index is 5.56. The molecule has 0 bridgehead atoms.